The molecule has 58 valence electrons. The molecule has 0 aromatic rings. The Morgan fingerprint density at radius 1 is 1.33 bits per heavy atom. The Labute approximate surface area is 47.4 Å². The van der Waals surface area contributed by atoms with Crippen LogP contribution < -0.4 is 0 Å². The second-order valence-electron chi connectivity index (χ2n) is 1.02. The highest BCUT2D eigenvalue weighted by Gasteiger charge is 2.44. The quantitative estimate of drug-likeness (QED) is 0.365. The Bertz CT molecular complexity index is 138. The van der Waals surface area contributed by atoms with Crippen LogP contribution >= 0.6 is 0 Å². The van der Waals surface area contributed by atoms with Gasteiger partial charge in [0.25, 0.3) is 0 Å². The first kappa shape index (κ1) is 8.76. The van der Waals surface area contributed by atoms with Crippen molar-refractivity contribution < 1.29 is 30.2 Å². The van der Waals surface area contributed by atoms with E-state index in [-0.39, 0.29) is 0 Å². The summed E-state index contributed by atoms with van der Waals surface area (Å²) in [6.07, 6.45) is 0. The number of hydrogen-bond acceptors (Lipinski definition) is 2. The van der Waals surface area contributed by atoms with Gasteiger partial charge >= 0.3 is 5.51 Å². The summed E-state index contributed by atoms with van der Waals surface area (Å²) in [6, 6.07) is 0. The van der Waals surface area contributed by atoms with E-state index in [1.165, 1.54) is 0 Å². The van der Waals surface area contributed by atoms with E-state index in [2.05, 4.69) is 0 Å². The van der Waals surface area contributed by atoms with Crippen LogP contribution in [0.5, 0.6) is 0 Å². The van der Waals surface area contributed by atoms with Crippen LogP contribution in [0.3, 0.4) is 0 Å². The first-order valence-corrected chi connectivity index (χ1v) is 2.99. The van der Waals surface area contributed by atoms with Crippen molar-refractivity contribution in [2.24, 2.45) is 0 Å². The van der Waals surface area contributed by atoms with Crippen LogP contribution in [0.25, 0.3) is 0 Å². The second-order valence-corrected chi connectivity index (χ2v) is 2.62. The molecule has 0 unspecified atom stereocenters. The highest BCUT2D eigenvalue weighted by molar-refractivity contribution is 7.94. The fourth-order valence-electron chi connectivity index (χ4n) is 0.0391. The maximum atomic E-state index is 11.2. The van der Waals surface area contributed by atoms with Crippen LogP contribution in [0.4, 0.5) is 21.6 Å². The highest BCUT2D eigenvalue weighted by atomic mass is 32.3. The smallest absolute Gasteiger partial charge is 0.171 e. The molecule has 0 saturated heterocycles. The van der Waals surface area contributed by atoms with Crippen LogP contribution in [0.15, 0.2) is 0 Å². The molecule has 0 aliphatic heterocycles. The van der Waals surface area contributed by atoms with Gasteiger partial charge in [-0.05, 0) is 4.53 Å². The third-order valence-electron chi connectivity index (χ3n) is 0.392. The maximum Gasteiger partial charge on any atom is 0.517 e. The largest absolute Gasteiger partial charge is 0.517 e. The summed E-state index contributed by atoms with van der Waals surface area (Å²) < 4.78 is 64.8. The van der Waals surface area contributed by atoms with Gasteiger partial charge < -0.3 is 0 Å². The zero-order chi connectivity index (χ0) is 7.71. The molecule has 0 bridgehead atoms. The van der Waals surface area contributed by atoms with E-state index in [1.807, 2.05) is 0 Å². The molecule has 2 nitrogen and oxygen atoms in total. The number of rotatable bonds is 1. The van der Waals surface area contributed by atoms with Crippen molar-refractivity contribution in [3.05, 3.63) is 0 Å². The predicted octanol–water partition coefficient (Wildman–Crippen LogP) is 1.22. The lowest BCUT2D eigenvalue weighted by atomic mass is 11.6. The molecule has 0 amide bonds. The lowest BCUT2D eigenvalue weighted by Gasteiger charge is -2.15. The van der Waals surface area contributed by atoms with Crippen LogP contribution in [0.1, 0.15) is 0 Å². The molecule has 0 rings (SSSR count). The van der Waals surface area contributed by atoms with Crippen molar-refractivity contribution in [2.45, 2.75) is 5.51 Å². The number of thiol groups is 1. The molecule has 0 spiro atoms. The number of halogens is 5. The van der Waals surface area contributed by atoms with E-state index in [0.29, 0.717) is 0 Å². The SMILES string of the molecule is O=[SH](F)(OF)C(F)(F)F. The zero-order valence-corrected chi connectivity index (χ0v) is 4.55. The van der Waals surface area contributed by atoms with Crippen LogP contribution in [0.2, 0.25) is 0 Å². The van der Waals surface area contributed by atoms with Crippen molar-refractivity contribution in [1.29, 1.82) is 0 Å². The van der Waals surface area contributed by atoms with Crippen LogP contribution in [0, 0.1) is 0 Å². The zero-order valence-electron chi connectivity index (χ0n) is 3.65. The minimum atomic E-state index is -6.52. The van der Waals surface area contributed by atoms with Gasteiger partial charge in [0.05, 0.1) is 0 Å². The molecule has 0 aromatic heterocycles. The minimum absolute atomic E-state index is 1.57. The molecule has 9 heavy (non-hydrogen) atoms. The third kappa shape index (κ3) is 1.86. The maximum absolute atomic E-state index is 11.2. The van der Waals surface area contributed by atoms with Crippen molar-refractivity contribution in [2.75, 3.05) is 0 Å². The summed E-state index contributed by atoms with van der Waals surface area (Å²) in [5, 5.41) is 0. The van der Waals surface area contributed by atoms with Crippen LogP contribution in [-0.4, -0.2) is 9.72 Å². The highest BCUT2D eigenvalue weighted by Crippen LogP contribution is 2.32. The van der Waals surface area contributed by atoms with Gasteiger partial charge in [0.1, 0.15) is 0 Å². The Morgan fingerprint density at radius 2 is 1.67 bits per heavy atom. The average molecular weight is 172 g/mol. The van der Waals surface area contributed by atoms with Crippen molar-refractivity contribution in [1.82, 2.24) is 0 Å². The topological polar surface area (TPSA) is 26.3 Å². The second kappa shape index (κ2) is 2.18. The van der Waals surface area contributed by atoms with Gasteiger partial charge in [-0.3, -0.25) is 0 Å². The Balaban J connectivity index is 4.35. The van der Waals surface area contributed by atoms with Gasteiger partial charge in [-0.1, -0.05) is 8.27 Å². The molecule has 0 aliphatic carbocycles. The lowest BCUT2D eigenvalue weighted by molar-refractivity contribution is -0.0901. The van der Waals surface area contributed by atoms with Crippen LogP contribution in [-0.2, 0) is 15.0 Å². The van der Waals surface area contributed by atoms with E-state index < -0.39 is 16.1 Å². The summed E-state index contributed by atoms with van der Waals surface area (Å²) in [6.45, 7) is 0. The van der Waals surface area contributed by atoms with Crippen molar-refractivity contribution >= 4 is 10.6 Å². The third-order valence-corrected chi connectivity index (χ3v) is 1.17. The van der Waals surface area contributed by atoms with Gasteiger partial charge in [-0.25, -0.2) is 0 Å². The van der Waals surface area contributed by atoms with E-state index in [1.54, 1.807) is 4.39 Å². The molecule has 0 radical (unpaired) electrons. The minimum Gasteiger partial charge on any atom is -0.171 e. The predicted molar refractivity (Wildman–Crippen MR) is 18.9 cm³/mol. The molecule has 0 saturated carbocycles. The molecule has 8 heteroatoms. The molecule has 0 aromatic carbocycles. The molecular formula is CHF5O2S. The normalized spacial score (nSPS) is 15.7. The molecule has 0 aliphatic rings. The molecule has 0 atom stereocenters. The van der Waals surface area contributed by atoms with Gasteiger partial charge in [0.2, 0.25) is 0 Å². The standard InChI is InChI=1S/CHF5O2S/c2-1(3,4)9(6,7)8-5/h9H. The number of hydrogen-bond donors (Lipinski definition) is 1. The van der Waals surface area contributed by atoms with Gasteiger partial charge in [0, 0.05) is 10.6 Å². The fraction of sp³-hybridized carbons (Fsp3) is 1.00. The van der Waals surface area contributed by atoms with E-state index in [0.717, 1.165) is 0 Å². The Morgan fingerprint density at radius 3 is 1.67 bits per heavy atom. The van der Waals surface area contributed by atoms with Gasteiger partial charge in [0.15, 0.2) is 0 Å². The first-order valence-electron chi connectivity index (χ1n) is 1.48. The monoisotopic (exact) mass is 172 g/mol. The summed E-state index contributed by atoms with van der Waals surface area (Å²) in [5.41, 5.74) is -5.76. The summed E-state index contributed by atoms with van der Waals surface area (Å²) in [5.74, 6) is 0. The fourth-order valence-corrected chi connectivity index (χ4v) is 0.117. The molecule has 0 fully saturated rings. The van der Waals surface area contributed by atoms with E-state index in [4.69, 9.17) is 0 Å². The summed E-state index contributed by atoms with van der Waals surface area (Å²) >= 11 is 0. The molecule has 0 heterocycles. The van der Waals surface area contributed by atoms with E-state index in [9.17, 15) is 25.8 Å². The van der Waals surface area contributed by atoms with Crippen molar-refractivity contribution in [3.8, 4) is 0 Å². The number of alkyl halides is 3. The first-order chi connectivity index (χ1) is 3.81. The summed E-state index contributed by atoms with van der Waals surface area (Å²) in [7, 11) is -6.52. The molecule has 0 N–H and O–H groups in total. The lowest BCUT2D eigenvalue weighted by Crippen LogP contribution is -2.26. The van der Waals surface area contributed by atoms with Crippen molar-refractivity contribution in [3.63, 3.8) is 0 Å². The molecular weight excluding hydrogens is 171 g/mol. The Kier molecular flexibility index (Phi) is 2.12. The van der Waals surface area contributed by atoms with E-state index >= 15 is 0 Å². The summed E-state index contributed by atoms with van der Waals surface area (Å²) in [4.78, 5) is 0. The van der Waals surface area contributed by atoms with Gasteiger partial charge in [-0.15, -0.1) is 0 Å². The Hall–Kier alpha value is -0.240. The average Bonchev–Trinajstić information content (AvgIpc) is 1.64. The van der Waals surface area contributed by atoms with Gasteiger partial charge in [-0.2, -0.15) is 17.4 Å².